The van der Waals surface area contributed by atoms with Gasteiger partial charge in [0.2, 0.25) is 0 Å². The van der Waals surface area contributed by atoms with Crippen molar-refractivity contribution in [3.05, 3.63) is 71.2 Å². The van der Waals surface area contributed by atoms with Crippen molar-refractivity contribution >= 4 is 34.0 Å². The zero-order valence-corrected chi connectivity index (χ0v) is 13.7. The molecule has 0 fully saturated rings. The number of ether oxygens (including phenoxy) is 1. The van der Waals surface area contributed by atoms with Gasteiger partial charge in [-0.25, -0.2) is 0 Å². The maximum Gasteiger partial charge on any atom is 0.258 e. The van der Waals surface area contributed by atoms with Gasteiger partial charge in [-0.2, -0.15) is 0 Å². The Balaban J connectivity index is 1.92. The Morgan fingerprint density at radius 1 is 0.957 bits per heavy atom. The molecule has 0 spiro atoms. The van der Waals surface area contributed by atoms with Gasteiger partial charge >= 0.3 is 0 Å². The fraction of sp³-hybridized carbons (Fsp3) is 0.105. The molecule has 0 aliphatic carbocycles. The van der Waals surface area contributed by atoms with Crippen LogP contribution in [0.4, 0.5) is 5.69 Å². The number of halogens is 1. The normalized spacial score (nSPS) is 10.6. The Morgan fingerprint density at radius 3 is 2.30 bits per heavy atom. The van der Waals surface area contributed by atoms with E-state index in [9.17, 15) is 4.79 Å². The van der Waals surface area contributed by atoms with Crippen molar-refractivity contribution in [3.8, 4) is 5.75 Å². The van der Waals surface area contributed by atoms with E-state index in [0.717, 1.165) is 22.2 Å². The Hall–Kier alpha value is -2.52. The van der Waals surface area contributed by atoms with Crippen molar-refractivity contribution in [2.45, 2.75) is 0 Å². The molecule has 3 rings (SSSR count). The highest BCUT2D eigenvalue weighted by Crippen LogP contribution is 2.24. The van der Waals surface area contributed by atoms with Gasteiger partial charge in [0, 0.05) is 23.3 Å². The Bertz CT molecular complexity index is 859. The second-order valence-corrected chi connectivity index (χ2v) is 5.70. The highest BCUT2D eigenvalue weighted by Gasteiger charge is 2.14. The number of nitrogens with zero attached hydrogens (tertiary/aromatic N) is 1. The topological polar surface area (TPSA) is 29.5 Å². The summed E-state index contributed by atoms with van der Waals surface area (Å²) in [5.41, 5.74) is 1.44. The van der Waals surface area contributed by atoms with Gasteiger partial charge in [0.05, 0.1) is 7.11 Å². The van der Waals surface area contributed by atoms with Crippen LogP contribution in [0.3, 0.4) is 0 Å². The minimum atomic E-state index is -0.0648. The second kappa shape index (κ2) is 6.31. The van der Waals surface area contributed by atoms with Gasteiger partial charge in [-0.1, -0.05) is 23.7 Å². The zero-order chi connectivity index (χ0) is 16.4. The summed E-state index contributed by atoms with van der Waals surface area (Å²) in [6.45, 7) is 0. The quantitative estimate of drug-likeness (QED) is 0.693. The summed E-state index contributed by atoms with van der Waals surface area (Å²) in [5, 5.41) is 2.69. The Kier molecular flexibility index (Phi) is 4.22. The van der Waals surface area contributed by atoms with E-state index < -0.39 is 0 Å². The number of carbonyl (C=O) groups excluding carboxylic acids is 1. The first-order chi connectivity index (χ1) is 11.1. The lowest BCUT2D eigenvalue weighted by molar-refractivity contribution is 0.0993. The SMILES string of the molecule is COc1ccc2cc(C(=O)N(C)c3ccc(Cl)cc3)ccc2c1. The fourth-order valence-electron chi connectivity index (χ4n) is 2.46. The van der Waals surface area contributed by atoms with Crippen LogP contribution in [0.1, 0.15) is 10.4 Å². The van der Waals surface area contributed by atoms with E-state index >= 15 is 0 Å². The van der Waals surface area contributed by atoms with Crippen LogP contribution in [0.25, 0.3) is 10.8 Å². The summed E-state index contributed by atoms with van der Waals surface area (Å²) in [4.78, 5) is 14.3. The lowest BCUT2D eigenvalue weighted by Gasteiger charge is -2.17. The molecule has 3 aromatic rings. The van der Waals surface area contributed by atoms with Crippen LogP contribution >= 0.6 is 11.6 Å². The molecule has 0 atom stereocenters. The van der Waals surface area contributed by atoms with E-state index in [0.29, 0.717) is 10.6 Å². The molecule has 4 heteroatoms. The number of fused-ring (bicyclic) bond motifs is 1. The molecule has 0 radical (unpaired) electrons. The maximum atomic E-state index is 12.7. The predicted molar refractivity (Wildman–Crippen MR) is 94.7 cm³/mol. The van der Waals surface area contributed by atoms with Crippen LogP contribution in [0.2, 0.25) is 5.02 Å². The third-order valence-corrected chi connectivity index (χ3v) is 4.06. The third-order valence-electron chi connectivity index (χ3n) is 3.81. The molecule has 0 aliphatic heterocycles. The minimum Gasteiger partial charge on any atom is -0.497 e. The Morgan fingerprint density at radius 2 is 1.61 bits per heavy atom. The molecule has 0 saturated carbocycles. The fourth-order valence-corrected chi connectivity index (χ4v) is 2.59. The number of amides is 1. The summed E-state index contributed by atoms with van der Waals surface area (Å²) >= 11 is 5.89. The van der Waals surface area contributed by atoms with E-state index in [2.05, 4.69) is 0 Å². The smallest absolute Gasteiger partial charge is 0.258 e. The summed E-state index contributed by atoms with van der Waals surface area (Å²) in [6, 6.07) is 18.6. The van der Waals surface area contributed by atoms with Crippen molar-refractivity contribution in [3.63, 3.8) is 0 Å². The van der Waals surface area contributed by atoms with E-state index in [4.69, 9.17) is 16.3 Å². The van der Waals surface area contributed by atoms with Crippen LogP contribution in [-0.2, 0) is 0 Å². The number of anilines is 1. The minimum absolute atomic E-state index is 0.0648. The van der Waals surface area contributed by atoms with E-state index in [1.807, 2.05) is 48.5 Å². The number of hydrogen-bond acceptors (Lipinski definition) is 2. The largest absolute Gasteiger partial charge is 0.497 e. The van der Waals surface area contributed by atoms with E-state index in [1.54, 1.807) is 31.2 Å². The lowest BCUT2D eigenvalue weighted by Crippen LogP contribution is -2.26. The number of benzene rings is 3. The standard InChI is InChI=1S/C19H16ClNO2/c1-21(17-8-6-16(20)7-9-17)19(22)15-4-3-14-12-18(23-2)10-5-13(14)11-15/h3-12H,1-2H3. The van der Waals surface area contributed by atoms with Crippen molar-refractivity contribution in [2.24, 2.45) is 0 Å². The molecular weight excluding hydrogens is 310 g/mol. The first-order valence-corrected chi connectivity index (χ1v) is 7.58. The highest BCUT2D eigenvalue weighted by molar-refractivity contribution is 6.30. The van der Waals surface area contributed by atoms with Crippen molar-refractivity contribution < 1.29 is 9.53 Å². The monoisotopic (exact) mass is 325 g/mol. The third kappa shape index (κ3) is 3.15. The van der Waals surface area contributed by atoms with Gasteiger partial charge in [0.15, 0.2) is 0 Å². The summed E-state index contributed by atoms with van der Waals surface area (Å²) in [6.07, 6.45) is 0. The molecule has 0 N–H and O–H groups in total. The van der Waals surface area contributed by atoms with Gasteiger partial charge in [-0.05, 0) is 59.3 Å². The molecule has 23 heavy (non-hydrogen) atoms. The zero-order valence-electron chi connectivity index (χ0n) is 12.9. The van der Waals surface area contributed by atoms with E-state index in [-0.39, 0.29) is 5.91 Å². The molecule has 0 saturated heterocycles. The summed E-state index contributed by atoms with van der Waals surface area (Å²) in [7, 11) is 3.39. The molecule has 3 aromatic carbocycles. The van der Waals surface area contributed by atoms with Crippen LogP contribution in [0.15, 0.2) is 60.7 Å². The van der Waals surface area contributed by atoms with Gasteiger partial charge < -0.3 is 9.64 Å². The number of methoxy groups -OCH3 is 1. The van der Waals surface area contributed by atoms with Crippen molar-refractivity contribution in [1.82, 2.24) is 0 Å². The molecule has 116 valence electrons. The molecule has 0 aliphatic rings. The Labute approximate surface area is 140 Å². The molecule has 0 aromatic heterocycles. The van der Waals surface area contributed by atoms with Gasteiger partial charge in [-0.3, -0.25) is 4.79 Å². The summed E-state index contributed by atoms with van der Waals surface area (Å²) < 4.78 is 5.22. The first-order valence-electron chi connectivity index (χ1n) is 7.20. The maximum absolute atomic E-state index is 12.7. The van der Waals surface area contributed by atoms with E-state index in [1.165, 1.54) is 0 Å². The number of hydrogen-bond donors (Lipinski definition) is 0. The molecular formula is C19H16ClNO2. The van der Waals surface area contributed by atoms with Gasteiger partial charge in [-0.15, -0.1) is 0 Å². The van der Waals surface area contributed by atoms with Crippen LogP contribution in [0, 0.1) is 0 Å². The molecule has 0 bridgehead atoms. The predicted octanol–water partition coefficient (Wildman–Crippen LogP) is 4.78. The number of carbonyl (C=O) groups is 1. The van der Waals surface area contributed by atoms with Crippen molar-refractivity contribution in [1.29, 1.82) is 0 Å². The average Bonchev–Trinajstić information content (AvgIpc) is 2.60. The average molecular weight is 326 g/mol. The summed E-state index contributed by atoms with van der Waals surface area (Å²) in [5.74, 6) is 0.736. The first kappa shape index (κ1) is 15.4. The van der Waals surface area contributed by atoms with Crippen LogP contribution < -0.4 is 9.64 Å². The molecule has 0 unspecified atom stereocenters. The molecule has 3 nitrogen and oxygen atoms in total. The second-order valence-electron chi connectivity index (χ2n) is 5.27. The lowest BCUT2D eigenvalue weighted by atomic mass is 10.1. The van der Waals surface area contributed by atoms with Crippen LogP contribution in [-0.4, -0.2) is 20.1 Å². The van der Waals surface area contributed by atoms with Gasteiger partial charge in [0.25, 0.3) is 5.91 Å². The molecule has 1 amide bonds. The van der Waals surface area contributed by atoms with Gasteiger partial charge in [0.1, 0.15) is 5.75 Å². The van der Waals surface area contributed by atoms with Crippen molar-refractivity contribution in [2.75, 3.05) is 19.1 Å². The number of rotatable bonds is 3. The van der Waals surface area contributed by atoms with Crippen LogP contribution in [0.5, 0.6) is 5.75 Å². The highest BCUT2D eigenvalue weighted by atomic mass is 35.5. The molecule has 0 heterocycles.